The molecule has 1 rings (SSSR count). The molecule has 4 nitrogen and oxygen atoms in total. The number of amides is 2. The van der Waals surface area contributed by atoms with Crippen LogP contribution in [0, 0.1) is 0 Å². The van der Waals surface area contributed by atoms with E-state index in [9.17, 15) is 4.79 Å². The van der Waals surface area contributed by atoms with E-state index in [0.717, 1.165) is 19.6 Å². The van der Waals surface area contributed by atoms with Gasteiger partial charge in [-0.15, -0.1) is 6.58 Å². The molecule has 0 atom stereocenters. The number of carbonyl (C=O) groups is 1. The highest BCUT2D eigenvalue weighted by atomic mass is 16.2. The Bertz CT molecular complexity index is 173. The summed E-state index contributed by atoms with van der Waals surface area (Å²) >= 11 is 0. The monoisotopic (exact) mass is 168 g/mol. The molecule has 4 heteroatoms. The van der Waals surface area contributed by atoms with Gasteiger partial charge in [-0.2, -0.15) is 0 Å². The van der Waals surface area contributed by atoms with Crippen molar-refractivity contribution in [2.24, 2.45) is 0 Å². The molecule has 0 aromatic carbocycles. The van der Waals surface area contributed by atoms with Gasteiger partial charge in [-0.05, 0) is 0 Å². The topological polar surface area (TPSA) is 47.4 Å². The molecule has 1 radical (unpaired) electrons. The smallest absolute Gasteiger partial charge is 0.321 e. The fourth-order valence-electron chi connectivity index (χ4n) is 1.32. The van der Waals surface area contributed by atoms with Gasteiger partial charge in [0, 0.05) is 32.7 Å². The van der Waals surface area contributed by atoms with Gasteiger partial charge >= 0.3 is 6.03 Å². The van der Waals surface area contributed by atoms with Crippen molar-refractivity contribution >= 4 is 6.03 Å². The highest BCUT2D eigenvalue weighted by Gasteiger charge is 2.17. The summed E-state index contributed by atoms with van der Waals surface area (Å²) in [7, 11) is 0. The Morgan fingerprint density at radius 2 is 2.00 bits per heavy atom. The van der Waals surface area contributed by atoms with Gasteiger partial charge in [-0.3, -0.25) is 4.90 Å². The van der Waals surface area contributed by atoms with Crippen LogP contribution in [0.3, 0.4) is 0 Å². The van der Waals surface area contributed by atoms with Crippen LogP contribution in [0.15, 0.2) is 12.7 Å². The van der Waals surface area contributed by atoms with Crippen molar-refractivity contribution < 1.29 is 4.79 Å². The van der Waals surface area contributed by atoms with Crippen LogP contribution < -0.4 is 5.73 Å². The Morgan fingerprint density at radius 1 is 1.42 bits per heavy atom. The maximum Gasteiger partial charge on any atom is 0.336 e. The Hall–Kier alpha value is -1.03. The number of hydrogen-bond acceptors (Lipinski definition) is 2. The number of rotatable bonds is 2. The molecule has 0 spiro atoms. The van der Waals surface area contributed by atoms with E-state index in [1.165, 1.54) is 0 Å². The Morgan fingerprint density at radius 3 is 2.42 bits per heavy atom. The van der Waals surface area contributed by atoms with E-state index in [1.54, 1.807) is 4.90 Å². The molecule has 0 aliphatic carbocycles. The number of nitrogens with one attached hydrogen (secondary N) is 1. The normalized spacial score (nSPS) is 19.2. The third-order valence-electron chi connectivity index (χ3n) is 2.05. The maximum atomic E-state index is 10.6. The van der Waals surface area contributed by atoms with Crippen LogP contribution in [0.25, 0.3) is 0 Å². The second-order valence-corrected chi connectivity index (χ2v) is 2.88. The Balaban J connectivity index is 2.29. The molecule has 0 unspecified atom stereocenters. The fourth-order valence-corrected chi connectivity index (χ4v) is 1.32. The summed E-state index contributed by atoms with van der Waals surface area (Å²) in [5.41, 5.74) is 6.89. The van der Waals surface area contributed by atoms with Gasteiger partial charge in [0.15, 0.2) is 0 Å². The van der Waals surface area contributed by atoms with E-state index in [4.69, 9.17) is 5.73 Å². The zero-order valence-corrected chi connectivity index (χ0v) is 7.12. The summed E-state index contributed by atoms with van der Waals surface area (Å²) in [6.45, 7) is 7.59. The van der Waals surface area contributed by atoms with Crippen LogP contribution in [0.5, 0.6) is 0 Å². The van der Waals surface area contributed by atoms with Crippen molar-refractivity contribution in [1.29, 1.82) is 0 Å². The predicted octanol–water partition coefficient (Wildman–Crippen LogP) is 0.193. The van der Waals surface area contributed by atoms with Gasteiger partial charge in [-0.1, -0.05) is 6.08 Å². The van der Waals surface area contributed by atoms with Gasteiger partial charge in [0.1, 0.15) is 0 Å². The van der Waals surface area contributed by atoms with E-state index in [2.05, 4.69) is 11.5 Å². The first-order chi connectivity index (χ1) is 5.74. The van der Waals surface area contributed by atoms with Crippen LogP contribution in [0.2, 0.25) is 0 Å². The van der Waals surface area contributed by atoms with E-state index in [-0.39, 0.29) is 0 Å². The first-order valence-corrected chi connectivity index (χ1v) is 4.08. The average Bonchev–Trinajstić information content (AvgIpc) is 2.06. The first kappa shape index (κ1) is 9.06. The molecule has 1 aliphatic heterocycles. The minimum Gasteiger partial charge on any atom is -0.321 e. The Labute approximate surface area is 72.6 Å². The van der Waals surface area contributed by atoms with Crippen molar-refractivity contribution in [1.82, 2.24) is 15.5 Å². The molecule has 0 bridgehead atoms. The molecular formula is C8H14N3O. The molecule has 1 saturated heterocycles. The van der Waals surface area contributed by atoms with Crippen molar-refractivity contribution in [3.63, 3.8) is 0 Å². The second-order valence-electron chi connectivity index (χ2n) is 2.88. The number of carbonyl (C=O) groups excluding carboxylic acids is 1. The van der Waals surface area contributed by atoms with Crippen LogP contribution in [0.1, 0.15) is 0 Å². The lowest BCUT2D eigenvalue weighted by atomic mass is 10.3. The van der Waals surface area contributed by atoms with Crippen molar-refractivity contribution in [2.45, 2.75) is 0 Å². The van der Waals surface area contributed by atoms with Crippen molar-refractivity contribution in [2.75, 3.05) is 32.7 Å². The van der Waals surface area contributed by atoms with Gasteiger partial charge in [0.25, 0.3) is 0 Å². The van der Waals surface area contributed by atoms with Crippen molar-refractivity contribution in [3.05, 3.63) is 12.7 Å². The van der Waals surface area contributed by atoms with E-state index >= 15 is 0 Å². The molecule has 67 valence electrons. The number of nitrogens with zero attached hydrogens (tertiary/aromatic N) is 2. The minimum absolute atomic E-state index is 0.562. The quantitative estimate of drug-likeness (QED) is 0.553. The summed E-state index contributed by atoms with van der Waals surface area (Å²) in [5.74, 6) is 0. The largest absolute Gasteiger partial charge is 0.336 e. The first-order valence-electron chi connectivity index (χ1n) is 4.08. The molecule has 1 fully saturated rings. The van der Waals surface area contributed by atoms with Gasteiger partial charge in [0.2, 0.25) is 0 Å². The van der Waals surface area contributed by atoms with E-state index < -0.39 is 6.03 Å². The third-order valence-corrected chi connectivity index (χ3v) is 2.05. The molecule has 2 amide bonds. The summed E-state index contributed by atoms with van der Waals surface area (Å²) in [6.07, 6.45) is 1.86. The molecule has 0 aromatic rings. The van der Waals surface area contributed by atoms with Crippen LogP contribution in [0.4, 0.5) is 4.79 Å². The maximum absolute atomic E-state index is 10.6. The van der Waals surface area contributed by atoms with Gasteiger partial charge < -0.3 is 4.90 Å². The van der Waals surface area contributed by atoms with E-state index in [1.807, 2.05) is 6.08 Å². The standard InChI is InChI=1S/C8H14N3O/c1-2-3-10-4-6-11(7-5-10)8(9)12/h2,9H,1,3-7H2. The molecule has 1 heterocycles. The van der Waals surface area contributed by atoms with Gasteiger partial charge in [0.05, 0.1) is 0 Å². The summed E-state index contributed by atoms with van der Waals surface area (Å²) < 4.78 is 0. The summed E-state index contributed by atoms with van der Waals surface area (Å²) in [6, 6.07) is -0.562. The minimum atomic E-state index is -0.562. The highest BCUT2D eigenvalue weighted by Crippen LogP contribution is 2.00. The number of urea groups is 1. The number of hydrogen-bond donors (Lipinski definition) is 0. The lowest BCUT2D eigenvalue weighted by Crippen LogP contribution is -2.48. The zero-order chi connectivity index (χ0) is 8.97. The van der Waals surface area contributed by atoms with Crippen molar-refractivity contribution in [3.8, 4) is 0 Å². The summed E-state index contributed by atoms with van der Waals surface area (Å²) in [5, 5.41) is 0. The van der Waals surface area contributed by atoms with E-state index in [0.29, 0.717) is 13.1 Å². The van der Waals surface area contributed by atoms with Crippen LogP contribution >= 0.6 is 0 Å². The lowest BCUT2D eigenvalue weighted by Gasteiger charge is -2.32. The third kappa shape index (κ3) is 2.23. The molecule has 1 aliphatic rings. The molecule has 1 N–H and O–H groups in total. The Kier molecular flexibility index (Phi) is 3.10. The molecular weight excluding hydrogens is 154 g/mol. The number of piperazine rings is 1. The predicted molar refractivity (Wildman–Crippen MR) is 46.7 cm³/mol. The molecule has 0 saturated carbocycles. The van der Waals surface area contributed by atoms with Crippen LogP contribution in [-0.4, -0.2) is 48.6 Å². The zero-order valence-electron chi connectivity index (χ0n) is 7.12. The SMILES string of the molecule is C=CCN1CCN(C([NH])=O)CC1. The lowest BCUT2D eigenvalue weighted by molar-refractivity contribution is 0.152. The van der Waals surface area contributed by atoms with Crippen LogP contribution in [-0.2, 0) is 0 Å². The highest BCUT2D eigenvalue weighted by molar-refractivity contribution is 5.71. The fraction of sp³-hybridized carbons (Fsp3) is 0.625. The average molecular weight is 168 g/mol. The molecule has 0 aromatic heterocycles. The van der Waals surface area contributed by atoms with Gasteiger partial charge in [-0.25, -0.2) is 10.5 Å². The second kappa shape index (κ2) is 4.11. The summed E-state index contributed by atoms with van der Waals surface area (Å²) in [4.78, 5) is 14.4. The molecule has 12 heavy (non-hydrogen) atoms.